The molecule has 0 aliphatic carbocycles. The Morgan fingerprint density at radius 1 is 0.971 bits per heavy atom. The fraction of sp³-hybridized carbons (Fsp3) is 0.214. The van der Waals surface area contributed by atoms with Crippen molar-refractivity contribution in [2.24, 2.45) is 0 Å². The van der Waals surface area contributed by atoms with Crippen LogP contribution >= 0.6 is 0 Å². The molecular formula is C28H29N3O4. The molecule has 1 atom stereocenters. The van der Waals surface area contributed by atoms with Crippen molar-refractivity contribution >= 4 is 23.0 Å². The summed E-state index contributed by atoms with van der Waals surface area (Å²) in [4.78, 5) is 18.0. The van der Waals surface area contributed by atoms with E-state index >= 15 is 0 Å². The lowest BCUT2D eigenvalue weighted by Gasteiger charge is -2.17. The molecule has 0 bridgehead atoms. The molecule has 35 heavy (non-hydrogen) atoms. The highest BCUT2D eigenvalue weighted by Crippen LogP contribution is 2.38. The lowest BCUT2D eigenvalue weighted by atomic mass is 10.1. The van der Waals surface area contributed by atoms with E-state index < -0.39 is 0 Å². The van der Waals surface area contributed by atoms with E-state index in [1.54, 1.807) is 12.1 Å². The number of allylic oxidation sites excluding steroid dienone is 1. The third-order valence-corrected chi connectivity index (χ3v) is 5.74. The van der Waals surface area contributed by atoms with E-state index in [9.17, 15) is 4.79 Å². The Balaban J connectivity index is 1.61. The highest BCUT2D eigenvalue weighted by Gasteiger charge is 2.21. The first-order chi connectivity index (χ1) is 17.0. The number of fused-ring (bicyclic) bond motifs is 1. The van der Waals surface area contributed by atoms with Crippen molar-refractivity contribution in [1.82, 2.24) is 14.9 Å². The topological polar surface area (TPSA) is 74.6 Å². The van der Waals surface area contributed by atoms with E-state index in [2.05, 4.69) is 34.2 Å². The minimum absolute atomic E-state index is 0.268. The molecule has 1 amide bonds. The van der Waals surface area contributed by atoms with E-state index in [4.69, 9.17) is 19.2 Å². The number of benzene rings is 3. The molecule has 3 aromatic carbocycles. The summed E-state index contributed by atoms with van der Waals surface area (Å²) in [7, 11) is 4.57. The summed E-state index contributed by atoms with van der Waals surface area (Å²) in [6.45, 7) is 2.55. The zero-order valence-corrected chi connectivity index (χ0v) is 20.3. The maximum absolute atomic E-state index is 13.2. The van der Waals surface area contributed by atoms with Crippen LogP contribution in [0.1, 0.15) is 34.7 Å². The first-order valence-corrected chi connectivity index (χ1v) is 11.3. The van der Waals surface area contributed by atoms with Crippen LogP contribution in [0.25, 0.3) is 17.1 Å². The number of carbonyl (C=O) groups is 1. The van der Waals surface area contributed by atoms with Crippen molar-refractivity contribution in [3.8, 4) is 17.2 Å². The van der Waals surface area contributed by atoms with Crippen molar-refractivity contribution in [2.45, 2.75) is 19.5 Å². The molecule has 1 unspecified atom stereocenters. The zero-order chi connectivity index (χ0) is 24.8. The third kappa shape index (κ3) is 5.14. The number of methoxy groups -OCH3 is 3. The molecule has 0 radical (unpaired) electrons. The van der Waals surface area contributed by atoms with E-state index in [1.165, 1.54) is 21.3 Å². The first kappa shape index (κ1) is 23.9. The lowest BCUT2D eigenvalue weighted by Crippen LogP contribution is -2.28. The highest BCUT2D eigenvalue weighted by molar-refractivity contribution is 5.96. The summed E-state index contributed by atoms with van der Waals surface area (Å²) in [6.07, 6.45) is 4.18. The van der Waals surface area contributed by atoms with Crippen molar-refractivity contribution in [3.05, 3.63) is 89.8 Å². The number of nitrogens with one attached hydrogen (secondary N) is 1. The number of imidazole rings is 1. The Hall–Kier alpha value is -4.26. The minimum Gasteiger partial charge on any atom is -0.493 e. The van der Waals surface area contributed by atoms with Crippen LogP contribution in [0.15, 0.2) is 72.8 Å². The molecule has 0 saturated carbocycles. The third-order valence-electron chi connectivity index (χ3n) is 5.74. The molecule has 7 heteroatoms. The van der Waals surface area contributed by atoms with Crippen LogP contribution in [-0.4, -0.2) is 36.8 Å². The smallest absolute Gasteiger partial charge is 0.252 e. The van der Waals surface area contributed by atoms with E-state index in [-0.39, 0.29) is 11.9 Å². The fourth-order valence-corrected chi connectivity index (χ4v) is 4.03. The molecule has 7 nitrogen and oxygen atoms in total. The van der Waals surface area contributed by atoms with E-state index in [0.29, 0.717) is 29.4 Å². The van der Waals surface area contributed by atoms with Gasteiger partial charge in [-0.05, 0) is 36.8 Å². The zero-order valence-electron chi connectivity index (χ0n) is 20.3. The monoisotopic (exact) mass is 471 g/mol. The average Bonchev–Trinajstić information content (AvgIpc) is 3.27. The van der Waals surface area contributed by atoms with Crippen molar-refractivity contribution in [1.29, 1.82) is 0 Å². The lowest BCUT2D eigenvalue weighted by molar-refractivity contribution is 0.0937. The van der Waals surface area contributed by atoms with Gasteiger partial charge in [0.2, 0.25) is 5.75 Å². The van der Waals surface area contributed by atoms with Crippen LogP contribution < -0.4 is 19.5 Å². The summed E-state index contributed by atoms with van der Waals surface area (Å²) in [5.74, 6) is 1.78. The van der Waals surface area contributed by atoms with Gasteiger partial charge in [-0.15, -0.1) is 0 Å². The van der Waals surface area contributed by atoms with Gasteiger partial charge < -0.3 is 24.1 Å². The van der Waals surface area contributed by atoms with E-state index in [1.807, 2.05) is 49.4 Å². The van der Waals surface area contributed by atoms with Crippen LogP contribution in [0.5, 0.6) is 17.2 Å². The standard InChI is InChI=1S/C28H29N3O4/c1-19(29-28(32)21-17-24(33-2)26(35-4)25(18-21)34-3)27-30-22-14-8-9-15-23(22)31(27)16-10-13-20-11-6-5-7-12-20/h5-15,17-19H,16H2,1-4H3,(H,29,32)/b13-10+. The number of carbonyl (C=O) groups excluding carboxylic acids is 1. The molecule has 0 saturated heterocycles. The number of amides is 1. The normalized spacial score (nSPS) is 12.0. The van der Waals surface area contributed by atoms with Gasteiger partial charge in [-0.2, -0.15) is 0 Å². The number of ether oxygens (including phenoxy) is 3. The second-order valence-corrected chi connectivity index (χ2v) is 7.99. The summed E-state index contributed by atoms with van der Waals surface area (Å²) in [6, 6.07) is 21.0. The Morgan fingerprint density at radius 3 is 2.29 bits per heavy atom. The van der Waals surface area contributed by atoms with Crippen molar-refractivity contribution < 1.29 is 19.0 Å². The predicted molar refractivity (Wildman–Crippen MR) is 137 cm³/mol. The Kier molecular flexibility index (Phi) is 7.35. The average molecular weight is 472 g/mol. The van der Waals surface area contributed by atoms with Gasteiger partial charge in [0.25, 0.3) is 5.91 Å². The van der Waals surface area contributed by atoms with Gasteiger partial charge in [-0.25, -0.2) is 4.98 Å². The number of aromatic nitrogens is 2. The van der Waals surface area contributed by atoms with Crippen molar-refractivity contribution in [3.63, 3.8) is 0 Å². The van der Waals surface area contributed by atoms with Gasteiger partial charge in [-0.1, -0.05) is 54.6 Å². The minimum atomic E-state index is -0.348. The number of nitrogens with zero attached hydrogens (tertiary/aromatic N) is 2. The molecule has 0 spiro atoms. The van der Waals surface area contributed by atoms with E-state index in [0.717, 1.165) is 22.4 Å². The van der Waals surface area contributed by atoms with Gasteiger partial charge in [0.1, 0.15) is 5.82 Å². The Bertz CT molecular complexity index is 1320. The summed E-state index contributed by atoms with van der Waals surface area (Å²) in [5, 5.41) is 3.06. The summed E-state index contributed by atoms with van der Waals surface area (Å²) < 4.78 is 18.3. The second kappa shape index (κ2) is 10.8. The predicted octanol–water partition coefficient (Wildman–Crippen LogP) is 5.27. The SMILES string of the molecule is COc1cc(C(=O)NC(C)c2nc3ccccc3n2C/C=C/c2ccccc2)cc(OC)c1OC. The van der Waals surface area contributed by atoms with Crippen LogP contribution in [0.3, 0.4) is 0 Å². The van der Waals surface area contributed by atoms with Gasteiger partial charge in [0.15, 0.2) is 11.5 Å². The van der Waals surface area contributed by atoms with Gasteiger partial charge >= 0.3 is 0 Å². The molecule has 0 aliphatic heterocycles. The van der Waals surface area contributed by atoms with Crippen LogP contribution in [0.2, 0.25) is 0 Å². The molecule has 1 aromatic heterocycles. The molecule has 0 aliphatic rings. The number of hydrogen-bond donors (Lipinski definition) is 1. The molecule has 4 aromatic rings. The Morgan fingerprint density at radius 2 is 1.63 bits per heavy atom. The molecule has 1 heterocycles. The largest absolute Gasteiger partial charge is 0.493 e. The van der Waals surface area contributed by atoms with Crippen LogP contribution in [0.4, 0.5) is 0 Å². The fourth-order valence-electron chi connectivity index (χ4n) is 4.03. The molecule has 180 valence electrons. The summed E-state index contributed by atoms with van der Waals surface area (Å²) in [5.41, 5.74) is 3.42. The van der Waals surface area contributed by atoms with Gasteiger partial charge in [-0.3, -0.25) is 4.79 Å². The van der Waals surface area contributed by atoms with Gasteiger partial charge in [0, 0.05) is 12.1 Å². The van der Waals surface area contributed by atoms with Crippen LogP contribution in [-0.2, 0) is 6.54 Å². The van der Waals surface area contributed by atoms with Crippen LogP contribution in [0, 0.1) is 0 Å². The highest BCUT2D eigenvalue weighted by atomic mass is 16.5. The molecule has 4 rings (SSSR count). The molecular weight excluding hydrogens is 442 g/mol. The quantitative estimate of drug-likeness (QED) is 0.360. The summed E-state index contributed by atoms with van der Waals surface area (Å²) >= 11 is 0. The van der Waals surface area contributed by atoms with Gasteiger partial charge in [0.05, 0.1) is 38.4 Å². The Labute approximate surface area is 205 Å². The second-order valence-electron chi connectivity index (χ2n) is 7.99. The maximum Gasteiger partial charge on any atom is 0.252 e. The number of rotatable bonds is 9. The number of hydrogen-bond acceptors (Lipinski definition) is 5. The molecule has 0 fully saturated rings. The van der Waals surface area contributed by atoms with Crippen molar-refractivity contribution in [2.75, 3.05) is 21.3 Å². The number of para-hydroxylation sites is 2. The maximum atomic E-state index is 13.2. The molecule has 1 N–H and O–H groups in total. The first-order valence-electron chi connectivity index (χ1n) is 11.3.